The highest BCUT2D eigenvalue weighted by atomic mass is 14.5. The number of rotatable bonds is 3. The summed E-state index contributed by atoms with van der Waals surface area (Å²) in [5.41, 5.74) is 9.74. The number of benzene rings is 1. The van der Waals surface area contributed by atoms with Crippen LogP contribution in [0.1, 0.15) is 24.0 Å². The van der Waals surface area contributed by atoms with E-state index < -0.39 is 0 Å². The molecule has 1 aliphatic carbocycles. The summed E-state index contributed by atoms with van der Waals surface area (Å²) in [6, 6.07) is 8.57. The van der Waals surface area contributed by atoms with Crippen molar-refractivity contribution in [3.63, 3.8) is 0 Å². The Morgan fingerprint density at radius 3 is 2.86 bits per heavy atom. The van der Waals surface area contributed by atoms with Gasteiger partial charge in [0.25, 0.3) is 0 Å². The SMILES string of the molecule is Cc1cccc(/C=C(\CN)C2CC2)c1. The van der Waals surface area contributed by atoms with Crippen LogP contribution in [0.25, 0.3) is 6.08 Å². The van der Waals surface area contributed by atoms with Crippen molar-refractivity contribution >= 4 is 6.08 Å². The van der Waals surface area contributed by atoms with E-state index in [2.05, 4.69) is 37.3 Å². The van der Waals surface area contributed by atoms with Crippen molar-refractivity contribution in [2.24, 2.45) is 11.7 Å². The normalized spacial score (nSPS) is 17.1. The van der Waals surface area contributed by atoms with Crippen LogP contribution < -0.4 is 5.73 Å². The first kappa shape index (κ1) is 9.47. The summed E-state index contributed by atoms with van der Waals surface area (Å²) in [7, 11) is 0. The van der Waals surface area contributed by atoms with Crippen molar-refractivity contribution in [1.82, 2.24) is 0 Å². The van der Waals surface area contributed by atoms with Gasteiger partial charge in [-0.15, -0.1) is 0 Å². The maximum atomic E-state index is 5.73. The molecular formula is C13H17N. The summed E-state index contributed by atoms with van der Waals surface area (Å²) in [5.74, 6) is 0.778. The van der Waals surface area contributed by atoms with Crippen LogP contribution in [0.2, 0.25) is 0 Å². The maximum absolute atomic E-state index is 5.73. The third-order valence-corrected chi connectivity index (χ3v) is 2.73. The van der Waals surface area contributed by atoms with Crippen LogP contribution in [0.3, 0.4) is 0 Å². The Bertz CT molecular complexity index is 348. The minimum atomic E-state index is 0.707. The van der Waals surface area contributed by atoms with Crippen LogP contribution in [0.5, 0.6) is 0 Å². The van der Waals surface area contributed by atoms with Crippen molar-refractivity contribution in [3.8, 4) is 0 Å². The quantitative estimate of drug-likeness (QED) is 0.773. The fourth-order valence-corrected chi connectivity index (χ4v) is 1.77. The van der Waals surface area contributed by atoms with Gasteiger partial charge >= 0.3 is 0 Å². The van der Waals surface area contributed by atoms with E-state index in [1.807, 2.05) is 0 Å². The Kier molecular flexibility index (Phi) is 2.69. The average molecular weight is 187 g/mol. The van der Waals surface area contributed by atoms with E-state index in [0.29, 0.717) is 6.54 Å². The van der Waals surface area contributed by atoms with Crippen LogP contribution in [0, 0.1) is 12.8 Å². The van der Waals surface area contributed by atoms with Crippen molar-refractivity contribution < 1.29 is 0 Å². The second-order valence-corrected chi connectivity index (χ2v) is 4.11. The van der Waals surface area contributed by atoms with E-state index in [-0.39, 0.29) is 0 Å². The van der Waals surface area contributed by atoms with Gasteiger partial charge in [0.2, 0.25) is 0 Å². The van der Waals surface area contributed by atoms with E-state index in [0.717, 1.165) is 5.92 Å². The van der Waals surface area contributed by atoms with Gasteiger partial charge in [0.1, 0.15) is 0 Å². The largest absolute Gasteiger partial charge is 0.327 e. The van der Waals surface area contributed by atoms with Crippen LogP contribution in [0.15, 0.2) is 29.8 Å². The average Bonchev–Trinajstić information content (AvgIpc) is 2.97. The van der Waals surface area contributed by atoms with Gasteiger partial charge < -0.3 is 5.73 Å². The molecule has 0 bridgehead atoms. The predicted molar refractivity (Wildman–Crippen MR) is 60.9 cm³/mol. The van der Waals surface area contributed by atoms with Gasteiger partial charge in [-0.05, 0) is 31.2 Å². The molecule has 1 aromatic rings. The first-order valence-electron chi connectivity index (χ1n) is 5.27. The highest BCUT2D eigenvalue weighted by Gasteiger charge is 2.24. The zero-order chi connectivity index (χ0) is 9.97. The fraction of sp³-hybridized carbons (Fsp3) is 0.385. The van der Waals surface area contributed by atoms with E-state index in [4.69, 9.17) is 5.73 Å². The summed E-state index contributed by atoms with van der Waals surface area (Å²) in [4.78, 5) is 0. The number of nitrogens with two attached hydrogens (primary N) is 1. The summed E-state index contributed by atoms with van der Waals surface area (Å²) >= 11 is 0. The predicted octanol–water partition coefficient (Wildman–Crippen LogP) is 2.75. The molecular weight excluding hydrogens is 170 g/mol. The molecule has 1 aliphatic rings. The minimum absolute atomic E-state index is 0.707. The Balaban J connectivity index is 2.21. The van der Waals surface area contributed by atoms with Gasteiger partial charge in [-0.25, -0.2) is 0 Å². The van der Waals surface area contributed by atoms with E-state index >= 15 is 0 Å². The van der Waals surface area contributed by atoms with Gasteiger partial charge in [-0.2, -0.15) is 0 Å². The first-order chi connectivity index (χ1) is 6.79. The molecule has 1 nitrogen and oxygen atoms in total. The Hall–Kier alpha value is -1.08. The van der Waals surface area contributed by atoms with Gasteiger partial charge in [-0.3, -0.25) is 0 Å². The minimum Gasteiger partial charge on any atom is -0.327 e. The lowest BCUT2D eigenvalue weighted by Gasteiger charge is -2.02. The molecule has 0 heterocycles. The molecule has 1 saturated carbocycles. The van der Waals surface area contributed by atoms with Crippen molar-refractivity contribution in [1.29, 1.82) is 0 Å². The number of hydrogen-bond acceptors (Lipinski definition) is 1. The second-order valence-electron chi connectivity index (χ2n) is 4.11. The topological polar surface area (TPSA) is 26.0 Å². The highest BCUT2D eigenvalue weighted by molar-refractivity contribution is 5.55. The number of hydrogen-bond donors (Lipinski definition) is 1. The fourth-order valence-electron chi connectivity index (χ4n) is 1.77. The second kappa shape index (κ2) is 3.97. The van der Waals surface area contributed by atoms with Crippen LogP contribution in [0.4, 0.5) is 0 Å². The molecule has 0 radical (unpaired) electrons. The van der Waals surface area contributed by atoms with Gasteiger partial charge in [-0.1, -0.05) is 41.5 Å². The summed E-state index contributed by atoms with van der Waals surface area (Å²) in [5, 5.41) is 0. The van der Waals surface area contributed by atoms with Crippen molar-refractivity contribution in [2.75, 3.05) is 6.54 Å². The molecule has 1 aromatic carbocycles. The standard InChI is InChI=1S/C13H17N/c1-10-3-2-4-11(7-10)8-13(9-14)12-5-6-12/h2-4,7-8,12H,5-6,9,14H2,1H3/b13-8+. The Labute approximate surface area is 85.6 Å². The molecule has 2 rings (SSSR count). The zero-order valence-corrected chi connectivity index (χ0v) is 8.66. The summed E-state index contributed by atoms with van der Waals surface area (Å²) in [6.07, 6.45) is 4.91. The molecule has 0 unspecified atom stereocenters. The third-order valence-electron chi connectivity index (χ3n) is 2.73. The van der Waals surface area contributed by atoms with Crippen LogP contribution in [-0.2, 0) is 0 Å². The zero-order valence-electron chi connectivity index (χ0n) is 8.66. The molecule has 0 aliphatic heterocycles. The van der Waals surface area contributed by atoms with Gasteiger partial charge in [0.15, 0.2) is 0 Å². The number of aryl methyl sites for hydroxylation is 1. The molecule has 0 spiro atoms. The van der Waals surface area contributed by atoms with Gasteiger partial charge in [0, 0.05) is 6.54 Å². The molecule has 0 atom stereocenters. The molecule has 0 aromatic heterocycles. The molecule has 0 saturated heterocycles. The Morgan fingerprint density at radius 2 is 2.29 bits per heavy atom. The van der Waals surface area contributed by atoms with E-state index in [9.17, 15) is 0 Å². The smallest absolute Gasteiger partial charge is 0.0142 e. The molecule has 1 heteroatoms. The lowest BCUT2D eigenvalue weighted by atomic mass is 10.1. The molecule has 14 heavy (non-hydrogen) atoms. The van der Waals surface area contributed by atoms with Crippen LogP contribution >= 0.6 is 0 Å². The van der Waals surface area contributed by atoms with Crippen molar-refractivity contribution in [3.05, 3.63) is 41.0 Å². The highest BCUT2D eigenvalue weighted by Crippen LogP contribution is 2.36. The molecule has 0 amide bonds. The van der Waals surface area contributed by atoms with Crippen molar-refractivity contribution in [2.45, 2.75) is 19.8 Å². The summed E-state index contributed by atoms with van der Waals surface area (Å²) in [6.45, 7) is 2.83. The van der Waals surface area contributed by atoms with E-state index in [1.165, 1.54) is 29.5 Å². The lowest BCUT2D eigenvalue weighted by molar-refractivity contribution is 0.950. The monoisotopic (exact) mass is 187 g/mol. The first-order valence-corrected chi connectivity index (χ1v) is 5.27. The van der Waals surface area contributed by atoms with Crippen LogP contribution in [-0.4, -0.2) is 6.54 Å². The Morgan fingerprint density at radius 1 is 1.50 bits per heavy atom. The molecule has 1 fully saturated rings. The lowest BCUT2D eigenvalue weighted by Crippen LogP contribution is -2.04. The van der Waals surface area contributed by atoms with Gasteiger partial charge in [0.05, 0.1) is 0 Å². The maximum Gasteiger partial charge on any atom is 0.0142 e. The molecule has 74 valence electrons. The third kappa shape index (κ3) is 2.24. The molecule has 2 N–H and O–H groups in total. The summed E-state index contributed by atoms with van der Waals surface area (Å²) < 4.78 is 0. The van der Waals surface area contributed by atoms with E-state index in [1.54, 1.807) is 0 Å².